The standard InChI is InChI=1S/C30H44N2O3Si/c1-29(2,3)34-28(33)31-23-17-19-24(20-18-23)32-21-25(22-32)35-36(30(4,5)6,26-13-9-7-10-14-26)27-15-11-8-12-16-27/h7-16,23-25H,17-22H2,1-6H3,(H,31,33)/t23-,24-. The normalized spacial score (nSPS) is 22.1. The molecule has 1 aliphatic carbocycles. The summed E-state index contributed by atoms with van der Waals surface area (Å²) in [5, 5.41) is 5.75. The van der Waals surface area contributed by atoms with Gasteiger partial charge in [-0.2, -0.15) is 0 Å². The van der Waals surface area contributed by atoms with Crippen LogP contribution in [0.15, 0.2) is 60.7 Å². The van der Waals surface area contributed by atoms with Gasteiger partial charge in [-0.3, -0.25) is 4.90 Å². The molecule has 0 unspecified atom stereocenters. The van der Waals surface area contributed by atoms with E-state index in [-0.39, 0.29) is 23.3 Å². The van der Waals surface area contributed by atoms with Crippen LogP contribution in [0.2, 0.25) is 5.04 Å². The van der Waals surface area contributed by atoms with Gasteiger partial charge in [-0.15, -0.1) is 0 Å². The summed E-state index contributed by atoms with van der Waals surface area (Å²) < 4.78 is 12.7. The van der Waals surface area contributed by atoms with Gasteiger partial charge < -0.3 is 14.5 Å². The average molecular weight is 509 g/mol. The molecule has 1 heterocycles. The van der Waals surface area contributed by atoms with Gasteiger partial charge in [0.1, 0.15) is 5.60 Å². The van der Waals surface area contributed by atoms with Crippen LogP contribution >= 0.6 is 0 Å². The molecule has 1 amide bonds. The van der Waals surface area contributed by atoms with Gasteiger partial charge in [-0.25, -0.2) is 4.79 Å². The molecular weight excluding hydrogens is 464 g/mol. The number of carbonyl (C=O) groups excluding carboxylic acids is 1. The third-order valence-corrected chi connectivity index (χ3v) is 12.7. The van der Waals surface area contributed by atoms with E-state index in [4.69, 9.17) is 9.16 Å². The quantitative estimate of drug-likeness (QED) is 0.553. The SMILES string of the molecule is CC(C)(C)OC(=O)N[C@H]1CC[C@H](N2CC(O[Si](c3ccccc3)(c3ccccc3)C(C)(C)C)C2)CC1. The van der Waals surface area contributed by atoms with E-state index in [1.54, 1.807) is 0 Å². The lowest BCUT2D eigenvalue weighted by atomic mass is 9.88. The second-order valence-corrected chi connectivity index (χ2v) is 16.8. The van der Waals surface area contributed by atoms with Crippen LogP contribution in [0.3, 0.4) is 0 Å². The number of carbonyl (C=O) groups is 1. The molecule has 5 nitrogen and oxygen atoms in total. The molecule has 1 aliphatic heterocycles. The molecule has 196 valence electrons. The predicted molar refractivity (Wildman–Crippen MR) is 149 cm³/mol. The zero-order chi connectivity index (χ0) is 26.0. The van der Waals surface area contributed by atoms with Gasteiger partial charge in [0.15, 0.2) is 0 Å². The van der Waals surface area contributed by atoms with Gasteiger partial charge in [0.25, 0.3) is 8.32 Å². The molecule has 1 N–H and O–H groups in total. The Balaban J connectivity index is 1.39. The first kappa shape index (κ1) is 26.9. The summed E-state index contributed by atoms with van der Waals surface area (Å²) in [4.78, 5) is 14.7. The van der Waals surface area contributed by atoms with Crippen molar-refractivity contribution in [2.45, 2.75) is 96.1 Å². The van der Waals surface area contributed by atoms with Crippen molar-refractivity contribution < 1.29 is 14.0 Å². The van der Waals surface area contributed by atoms with E-state index in [1.807, 2.05) is 20.8 Å². The van der Waals surface area contributed by atoms with Crippen molar-refractivity contribution in [3.05, 3.63) is 60.7 Å². The molecule has 1 saturated carbocycles. The lowest BCUT2D eigenvalue weighted by Gasteiger charge is -2.52. The minimum Gasteiger partial charge on any atom is -0.444 e. The highest BCUT2D eigenvalue weighted by atomic mass is 28.4. The number of hydrogen-bond acceptors (Lipinski definition) is 4. The minimum atomic E-state index is -2.50. The molecule has 0 bridgehead atoms. The molecule has 0 aromatic heterocycles. The van der Waals surface area contributed by atoms with Crippen LogP contribution in [0.1, 0.15) is 67.2 Å². The van der Waals surface area contributed by atoms with E-state index in [9.17, 15) is 4.79 Å². The van der Waals surface area contributed by atoms with E-state index >= 15 is 0 Å². The number of nitrogens with zero attached hydrogens (tertiary/aromatic N) is 1. The van der Waals surface area contributed by atoms with E-state index < -0.39 is 13.9 Å². The van der Waals surface area contributed by atoms with Crippen molar-refractivity contribution in [1.29, 1.82) is 0 Å². The molecule has 0 spiro atoms. The van der Waals surface area contributed by atoms with Gasteiger partial charge in [-0.1, -0.05) is 81.4 Å². The maximum absolute atomic E-state index is 12.1. The number of rotatable bonds is 6. The molecule has 2 aromatic carbocycles. The van der Waals surface area contributed by atoms with Crippen LogP contribution in [0.4, 0.5) is 4.79 Å². The Hall–Kier alpha value is -2.15. The molecule has 36 heavy (non-hydrogen) atoms. The molecule has 2 aromatic rings. The fourth-order valence-corrected chi connectivity index (χ4v) is 10.5. The third kappa shape index (κ3) is 6.04. The second kappa shape index (κ2) is 10.7. The van der Waals surface area contributed by atoms with Crippen LogP contribution in [0, 0.1) is 0 Å². The Morgan fingerprint density at radius 3 is 1.78 bits per heavy atom. The topological polar surface area (TPSA) is 50.8 Å². The number of nitrogens with one attached hydrogen (secondary N) is 1. The summed E-state index contributed by atoms with van der Waals surface area (Å²) in [6.45, 7) is 14.7. The number of likely N-dealkylation sites (tertiary alicyclic amines) is 1. The number of amides is 1. The van der Waals surface area contributed by atoms with Crippen molar-refractivity contribution in [2.75, 3.05) is 13.1 Å². The lowest BCUT2D eigenvalue weighted by molar-refractivity contribution is -0.0262. The number of hydrogen-bond donors (Lipinski definition) is 1. The van der Waals surface area contributed by atoms with Gasteiger partial charge in [0.2, 0.25) is 0 Å². The Morgan fingerprint density at radius 1 is 0.833 bits per heavy atom. The van der Waals surface area contributed by atoms with E-state index in [0.29, 0.717) is 6.04 Å². The highest BCUT2D eigenvalue weighted by Gasteiger charge is 2.53. The maximum atomic E-state index is 12.1. The zero-order valence-corrected chi connectivity index (χ0v) is 23.9. The summed E-state index contributed by atoms with van der Waals surface area (Å²) in [7, 11) is -2.50. The van der Waals surface area contributed by atoms with Gasteiger partial charge in [0, 0.05) is 25.2 Å². The number of alkyl carbamates (subject to hydrolysis) is 1. The third-order valence-electron chi connectivity index (χ3n) is 7.57. The lowest BCUT2D eigenvalue weighted by Crippen LogP contribution is -2.71. The van der Waals surface area contributed by atoms with Crippen LogP contribution in [-0.2, 0) is 9.16 Å². The highest BCUT2D eigenvalue weighted by Crippen LogP contribution is 2.39. The van der Waals surface area contributed by atoms with Crippen LogP contribution in [0.25, 0.3) is 0 Å². The summed E-state index contributed by atoms with van der Waals surface area (Å²) in [6.07, 6.45) is 4.16. The highest BCUT2D eigenvalue weighted by molar-refractivity contribution is 6.99. The first-order valence-corrected chi connectivity index (χ1v) is 15.4. The van der Waals surface area contributed by atoms with Crippen molar-refractivity contribution in [3.8, 4) is 0 Å². The number of ether oxygens (including phenoxy) is 1. The average Bonchev–Trinajstić information content (AvgIpc) is 2.78. The Kier molecular flexibility index (Phi) is 7.98. The summed E-state index contributed by atoms with van der Waals surface area (Å²) in [5.41, 5.74) is -0.459. The first-order valence-electron chi connectivity index (χ1n) is 13.5. The molecule has 0 radical (unpaired) electrons. The Morgan fingerprint density at radius 2 is 1.33 bits per heavy atom. The monoisotopic (exact) mass is 508 g/mol. The van der Waals surface area contributed by atoms with Gasteiger partial charge in [-0.05, 0) is 61.9 Å². The number of benzene rings is 2. The molecule has 2 aliphatic rings. The minimum absolute atomic E-state index is 0.00151. The van der Waals surface area contributed by atoms with Crippen LogP contribution in [-0.4, -0.2) is 56.2 Å². The summed E-state index contributed by atoms with van der Waals surface area (Å²) in [6, 6.07) is 22.6. The molecular formula is C30H44N2O3Si. The van der Waals surface area contributed by atoms with Crippen molar-refractivity contribution in [2.24, 2.45) is 0 Å². The van der Waals surface area contributed by atoms with Crippen LogP contribution < -0.4 is 15.7 Å². The van der Waals surface area contributed by atoms with E-state index in [2.05, 4.69) is 91.7 Å². The Labute approximate surface area is 218 Å². The maximum Gasteiger partial charge on any atom is 0.407 e. The second-order valence-electron chi connectivity index (χ2n) is 12.5. The predicted octanol–water partition coefficient (Wildman–Crippen LogP) is 5.08. The summed E-state index contributed by atoms with van der Waals surface area (Å²) in [5.74, 6) is 0. The smallest absolute Gasteiger partial charge is 0.407 e. The Bertz CT molecular complexity index is 947. The largest absolute Gasteiger partial charge is 0.444 e. The van der Waals surface area contributed by atoms with Gasteiger partial charge >= 0.3 is 6.09 Å². The molecule has 1 saturated heterocycles. The summed E-state index contributed by atoms with van der Waals surface area (Å²) >= 11 is 0. The van der Waals surface area contributed by atoms with Gasteiger partial charge in [0.05, 0.1) is 6.10 Å². The fourth-order valence-electron chi connectivity index (χ4n) is 5.84. The zero-order valence-electron chi connectivity index (χ0n) is 22.9. The van der Waals surface area contributed by atoms with E-state index in [1.165, 1.54) is 10.4 Å². The first-order chi connectivity index (χ1) is 17.0. The van der Waals surface area contributed by atoms with Crippen molar-refractivity contribution in [3.63, 3.8) is 0 Å². The fraction of sp³-hybridized carbons (Fsp3) is 0.567. The van der Waals surface area contributed by atoms with Crippen molar-refractivity contribution >= 4 is 24.8 Å². The van der Waals surface area contributed by atoms with Crippen LogP contribution in [0.5, 0.6) is 0 Å². The van der Waals surface area contributed by atoms with E-state index in [0.717, 1.165) is 38.8 Å². The molecule has 0 atom stereocenters. The molecule has 4 rings (SSSR count). The molecule has 2 fully saturated rings. The molecule has 6 heteroatoms. The van der Waals surface area contributed by atoms with Crippen molar-refractivity contribution in [1.82, 2.24) is 10.2 Å².